The van der Waals surface area contributed by atoms with Crippen LogP contribution in [0.3, 0.4) is 0 Å². The van der Waals surface area contributed by atoms with Gasteiger partial charge in [-0.3, -0.25) is 0 Å². The lowest BCUT2D eigenvalue weighted by Gasteiger charge is -2.09. The fourth-order valence-electron chi connectivity index (χ4n) is 2.49. The highest BCUT2D eigenvalue weighted by Crippen LogP contribution is 2.31. The standard InChI is InChI=1S/C16H19N5S/c1-3-21-14(8-9-17)19-20-16(21)22-15-13-7-5-4-6-12(13)10-11(2)18-15/h4-7,10H,3,8-9,17H2,1-2H3. The zero-order chi connectivity index (χ0) is 15.5. The Hall–Kier alpha value is -1.92. The van der Waals surface area contributed by atoms with Gasteiger partial charge in [-0.05, 0) is 43.6 Å². The average molecular weight is 313 g/mol. The lowest BCUT2D eigenvalue weighted by atomic mass is 10.1. The second-order valence-electron chi connectivity index (χ2n) is 5.07. The van der Waals surface area contributed by atoms with Crippen molar-refractivity contribution < 1.29 is 0 Å². The van der Waals surface area contributed by atoms with Crippen molar-refractivity contribution in [2.45, 2.75) is 37.0 Å². The van der Waals surface area contributed by atoms with Gasteiger partial charge >= 0.3 is 0 Å². The number of benzene rings is 1. The first kappa shape index (κ1) is 15.0. The van der Waals surface area contributed by atoms with Crippen LogP contribution in [0.5, 0.6) is 0 Å². The molecule has 3 aromatic rings. The third-order valence-corrected chi connectivity index (χ3v) is 4.49. The molecule has 0 saturated heterocycles. The first-order chi connectivity index (χ1) is 10.7. The van der Waals surface area contributed by atoms with Crippen LogP contribution in [0.2, 0.25) is 0 Å². The molecule has 6 heteroatoms. The third-order valence-electron chi connectivity index (χ3n) is 3.50. The van der Waals surface area contributed by atoms with Gasteiger partial charge in [0.1, 0.15) is 10.9 Å². The van der Waals surface area contributed by atoms with Crippen molar-refractivity contribution in [3.63, 3.8) is 0 Å². The summed E-state index contributed by atoms with van der Waals surface area (Å²) in [5.41, 5.74) is 6.65. The van der Waals surface area contributed by atoms with Gasteiger partial charge < -0.3 is 10.3 Å². The lowest BCUT2D eigenvalue weighted by molar-refractivity contribution is 0.640. The van der Waals surface area contributed by atoms with Crippen LogP contribution in [0.1, 0.15) is 18.4 Å². The minimum Gasteiger partial charge on any atom is -0.330 e. The van der Waals surface area contributed by atoms with E-state index < -0.39 is 0 Å². The molecule has 2 heterocycles. The van der Waals surface area contributed by atoms with E-state index >= 15 is 0 Å². The summed E-state index contributed by atoms with van der Waals surface area (Å²) < 4.78 is 2.11. The molecule has 0 aliphatic carbocycles. The molecule has 22 heavy (non-hydrogen) atoms. The normalized spacial score (nSPS) is 11.2. The van der Waals surface area contributed by atoms with Crippen LogP contribution in [0, 0.1) is 6.92 Å². The third kappa shape index (κ3) is 2.84. The lowest BCUT2D eigenvalue weighted by Crippen LogP contribution is -2.10. The fourth-order valence-corrected chi connectivity index (χ4v) is 3.57. The van der Waals surface area contributed by atoms with Crippen molar-refractivity contribution in [3.05, 3.63) is 41.9 Å². The summed E-state index contributed by atoms with van der Waals surface area (Å²) in [5.74, 6) is 0.935. The number of nitrogens with zero attached hydrogens (tertiary/aromatic N) is 4. The highest BCUT2D eigenvalue weighted by molar-refractivity contribution is 7.99. The number of hydrogen-bond donors (Lipinski definition) is 1. The van der Waals surface area contributed by atoms with E-state index in [4.69, 9.17) is 5.73 Å². The Kier molecular flexibility index (Phi) is 4.40. The average Bonchev–Trinajstić information content (AvgIpc) is 2.89. The van der Waals surface area contributed by atoms with E-state index in [2.05, 4.69) is 44.9 Å². The van der Waals surface area contributed by atoms with Gasteiger partial charge in [0.2, 0.25) is 0 Å². The number of aromatic nitrogens is 4. The number of aryl methyl sites for hydroxylation is 1. The number of fused-ring (bicyclic) bond motifs is 1. The highest BCUT2D eigenvalue weighted by atomic mass is 32.2. The van der Waals surface area contributed by atoms with E-state index in [1.54, 1.807) is 11.8 Å². The molecule has 0 bridgehead atoms. The molecular formula is C16H19N5S. The Labute approximate surface area is 134 Å². The van der Waals surface area contributed by atoms with Crippen molar-refractivity contribution in [3.8, 4) is 0 Å². The number of pyridine rings is 1. The number of nitrogens with two attached hydrogens (primary N) is 1. The molecule has 0 aliphatic rings. The summed E-state index contributed by atoms with van der Waals surface area (Å²) in [7, 11) is 0. The van der Waals surface area contributed by atoms with Crippen molar-refractivity contribution in [1.29, 1.82) is 0 Å². The maximum atomic E-state index is 5.64. The van der Waals surface area contributed by atoms with Crippen LogP contribution in [0.25, 0.3) is 10.8 Å². The summed E-state index contributed by atoms with van der Waals surface area (Å²) >= 11 is 1.57. The van der Waals surface area contributed by atoms with E-state index in [0.717, 1.165) is 40.1 Å². The molecule has 3 rings (SSSR count). The van der Waals surface area contributed by atoms with Gasteiger partial charge in [0.05, 0.1) is 0 Å². The van der Waals surface area contributed by atoms with Gasteiger partial charge in [0.25, 0.3) is 0 Å². The fraction of sp³-hybridized carbons (Fsp3) is 0.312. The minimum absolute atomic E-state index is 0.578. The maximum absolute atomic E-state index is 5.64. The molecule has 0 radical (unpaired) electrons. The summed E-state index contributed by atoms with van der Waals surface area (Å²) in [6, 6.07) is 10.4. The van der Waals surface area contributed by atoms with Crippen molar-refractivity contribution in [2.24, 2.45) is 5.73 Å². The van der Waals surface area contributed by atoms with E-state index in [-0.39, 0.29) is 0 Å². The summed E-state index contributed by atoms with van der Waals surface area (Å²) in [6.45, 7) is 5.51. The van der Waals surface area contributed by atoms with Crippen LogP contribution in [-0.4, -0.2) is 26.3 Å². The molecule has 0 aliphatic heterocycles. The van der Waals surface area contributed by atoms with Gasteiger partial charge in [-0.15, -0.1) is 10.2 Å². The summed E-state index contributed by atoms with van der Waals surface area (Å²) in [5, 5.41) is 12.8. The Morgan fingerprint density at radius 2 is 2.05 bits per heavy atom. The van der Waals surface area contributed by atoms with Crippen molar-refractivity contribution in [2.75, 3.05) is 6.54 Å². The van der Waals surface area contributed by atoms with Crippen LogP contribution in [0.4, 0.5) is 0 Å². The Morgan fingerprint density at radius 3 is 2.82 bits per heavy atom. The van der Waals surface area contributed by atoms with Gasteiger partial charge in [-0.1, -0.05) is 24.3 Å². The van der Waals surface area contributed by atoms with Crippen LogP contribution < -0.4 is 5.73 Å². The second kappa shape index (κ2) is 6.46. The van der Waals surface area contributed by atoms with E-state index in [0.29, 0.717) is 6.54 Å². The molecule has 0 atom stereocenters. The Balaban J connectivity index is 2.03. The highest BCUT2D eigenvalue weighted by Gasteiger charge is 2.14. The van der Waals surface area contributed by atoms with Gasteiger partial charge in [0.15, 0.2) is 5.16 Å². The Bertz CT molecular complexity index is 796. The van der Waals surface area contributed by atoms with E-state index in [9.17, 15) is 0 Å². The van der Waals surface area contributed by atoms with E-state index in [1.807, 2.05) is 19.1 Å². The second-order valence-corrected chi connectivity index (χ2v) is 6.03. The summed E-state index contributed by atoms with van der Waals surface area (Å²) in [6.07, 6.45) is 0.739. The molecule has 2 N–H and O–H groups in total. The minimum atomic E-state index is 0.578. The molecule has 5 nitrogen and oxygen atoms in total. The van der Waals surface area contributed by atoms with Gasteiger partial charge in [-0.25, -0.2) is 4.98 Å². The SMILES string of the molecule is CCn1c(CCN)nnc1Sc1nc(C)cc2ccccc12. The molecule has 114 valence electrons. The number of rotatable bonds is 5. The molecule has 2 aromatic heterocycles. The van der Waals surface area contributed by atoms with Crippen LogP contribution >= 0.6 is 11.8 Å². The first-order valence-electron chi connectivity index (χ1n) is 7.39. The Morgan fingerprint density at radius 1 is 1.23 bits per heavy atom. The molecule has 0 saturated carbocycles. The largest absolute Gasteiger partial charge is 0.330 e. The van der Waals surface area contributed by atoms with Crippen LogP contribution in [-0.2, 0) is 13.0 Å². The molecule has 0 amide bonds. The topological polar surface area (TPSA) is 69.6 Å². The van der Waals surface area contributed by atoms with Crippen LogP contribution in [0.15, 0.2) is 40.5 Å². The molecule has 1 aromatic carbocycles. The molecular weight excluding hydrogens is 294 g/mol. The summed E-state index contributed by atoms with van der Waals surface area (Å²) in [4.78, 5) is 4.68. The zero-order valence-corrected chi connectivity index (χ0v) is 13.6. The zero-order valence-electron chi connectivity index (χ0n) is 12.8. The molecule has 0 spiro atoms. The number of hydrogen-bond acceptors (Lipinski definition) is 5. The van der Waals surface area contributed by atoms with Crippen molar-refractivity contribution in [1.82, 2.24) is 19.7 Å². The maximum Gasteiger partial charge on any atom is 0.197 e. The first-order valence-corrected chi connectivity index (χ1v) is 8.21. The predicted octanol–water partition coefficient (Wildman–Crippen LogP) is 2.81. The monoisotopic (exact) mass is 313 g/mol. The smallest absolute Gasteiger partial charge is 0.197 e. The quantitative estimate of drug-likeness (QED) is 0.784. The molecule has 0 fully saturated rings. The van der Waals surface area contributed by atoms with E-state index in [1.165, 1.54) is 5.39 Å². The van der Waals surface area contributed by atoms with Crippen molar-refractivity contribution >= 4 is 22.5 Å². The molecule has 0 unspecified atom stereocenters. The van der Waals surface area contributed by atoms with Gasteiger partial charge in [0, 0.05) is 24.0 Å². The van der Waals surface area contributed by atoms with Gasteiger partial charge in [-0.2, -0.15) is 0 Å². The predicted molar refractivity (Wildman–Crippen MR) is 89.1 cm³/mol.